The van der Waals surface area contributed by atoms with E-state index in [2.05, 4.69) is 5.32 Å². The van der Waals surface area contributed by atoms with Crippen molar-refractivity contribution in [1.82, 2.24) is 9.47 Å². The first-order valence-electron chi connectivity index (χ1n) is 12.9. The number of aromatic nitrogens is 1. The summed E-state index contributed by atoms with van der Waals surface area (Å²) in [6.45, 7) is 1.15. The maximum Gasteiger partial charge on any atom is 0.319 e. The molecule has 4 aromatic rings. The van der Waals surface area contributed by atoms with E-state index in [4.69, 9.17) is 9.47 Å². The highest BCUT2D eigenvalue weighted by Crippen LogP contribution is 2.30. The molecule has 0 unspecified atom stereocenters. The fraction of sp³-hybridized carbons (Fsp3) is 0.258. The number of rotatable bonds is 8. The van der Waals surface area contributed by atoms with Crippen LogP contribution in [0, 0.1) is 0 Å². The van der Waals surface area contributed by atoms with Crippen molar-refractivity contribution in [3.8, 4) is 16.9 Å². The molecule has 1 aliphatic rings. The van der Waals surface area contributed by atoms with Crippen LogP contribution in [0.3, 0.4) is 0 Å². The zero-order valence-corrected chi connectivity index (χ0v) is 22.1. The van der Waals surface area contributed by atoms with E-state index in [9.17, 15) is 14.4 Å². The Morgan fingerprint density at radius 1 is 0.974 bits per heavy atom. The lowest BCUT2D eigenvalue weighted by molar-refractivity contribution is -0.142. The van der Waals surface area contributed by atoms with Gasteiger partial charge >= 0.3 is 5.97 Å². The predicted molar refractivity (Wildman–Crippen MR) is 151 cm³/mol. The first-order valence-corrected chi connectivity index (χ1v) is 12.9. The minimum Gasteiger partial charge on any atom is -0.497 e. The highest BCUT2D eigenvalue weighted by molar-refractivity contribution is 5.96. The third-order valence-corrected chi connectivity index (χ3v) is 7.19. The molecule has 1 fully saturated rings. The summed E-state index contributed by atoms with van der Waals surface area (Å²) in [6.07, 6.45) is 1.55. The number of likely N-dealkylation sites (tertiary alicyclic amines) is 1. The molecular weight excluding hydrogens is 494 g/mol. The molecule has 1 amide bonds. The van der Waals surface area contributed by atoms with Gasteiger partial charge in [0.05, 0.1) is 38.9 Å². The van der Waals surface area contributed by atoms with Gasteiger partial charge in [0.1, 0.15) is 5.75 Å². The van der Waals surface area contributed by atoms with Crippen LogP contribution < -0.4 is 15.6 Å². The summed E-state index contributed by atoms with van der Waals surface area (Å²) in [6, 6.07) is 24.4. The highest BCUT2D eigenvalue weighted by atomic mass is 16.5. The average molecular weight is 526 g/mol. The molecule has 1 saturated heterocycles. The molecule has 0 spiro atoms. The largest absolute Gasteiger partial charge is 0.497 e. The first kappa shape index (κ1) is 26.2. The number of hydrogen-bond donors (Lipinski definition) is 1. The number of pyridine rings is 1. The fourth-order valence-corrected chi connectivity index (χ4v) is 5.15. The van der Waals surface area contributed by atoms with Crippen molar-refractivity contribution in [1.29, 1.82) is 0 Å². The molecule has 0 saturated carbocycles. The number of fused-ring (bicyclic) bond motifs is 1. The van der Waals surface area contributed by atoms with Gasteiger partial charge in [-0.25, -0.2) is 0 Å². The van der Waals surface area contributed by atoms with Crippen LogP contribution in [0.4, 0.5) is 5.69 Å². The monoisotopic (exact) mass is 525 g/mol. The third-order valence-electron chi connectivity index (χ3n) is 7.19. The SMILES string of the molecule is COC(=O)CN1CCC[C@H]1C(=O)Nc1ccc(Cn2c(=O)cc(-c3ccccc3)c3ccc(OC)cc32)cc1. The summed E-state index contributed by atoms with van der Waals surface area (Å²) < 4.78 is 11.9. The van der Waals surface area contributed by atoms with Crippen molar-refractivity contribution >= 4 is 28.5 Å². The number of nitrogens with one attached hydrogen (secondary N) is 1. The normalized spacial score (nSPS) is 15.3. The van der Waals surface area contributed by atoms with Gasteiger partial charge in [0.2, 0.25) is 5.91 Å². The molecule has 2 heterocycles. The molecule has 200 valence electrons. The van der Waals surface area contributed by atoms with Crippen molar-refractivity contribution < 1.29 is 19.1 Å². The van der Waals surface area contributed by atoms with E-state index in [1.807, 2.05) is 77.7 Å². The summed E-state index contributed by atoms with van der Waals surface area (Å²) in [5.74, 6) is 0.179. The Morgan fingerprint density at radius 3 is 2.46 bits per heavy atom. The topological polar surface area (TPSA) is 89.9 Å². The Hall–Kier alpha value is -4.43. The van der Waals surface area contributed by atoms with Gasteiger partial charge in [0, 0.05) is 23.2 Å². The van der Waals surface area contributed by atoms with Crippen LogP contribution in [0.1, 0.15) is 18.4 Å². The standard InChI is InChI=1S/C31H31N3O5/c1-38-24-14-15-25-26(22-7-4-3-5-8-22)18-29(35)34(28(25)17-24)19-21-10-12-23(13-11-21)32-31(37)27-9-6-16-33(27)20-30(36)39-2/h3-5,7-8,10-15,17-18,27H,6,9,16,19-20H2,1-2H3,(H,32,37)/t27-/m0/s1. The summed E-state index contributed by atoms with van der Waals surface area (Å²) >= 11 is 0. The maximum absolute atomic E-state index is 13.3. The van der Waals surface area contributed by atoms with E-state index < -0.39 is 0 Å². The van der Waals surface area contributed by atoms with Crippen LogP contribution in [0.2, 0.25) is 0 Å². The smallest absolute Gasteiger partial charge is 0.319 e. The van der Waals surface area contributed by atoms with Gasteiger partial charge in [0.25, 0.3) is 5.56 Å². The summed E-state index contributed by atoms with van der Waals surface area (Å²) in [5.41, 5.74) is 4.10. The van der Waals surface area contributed by atoms with Crippen molar-refractivity contribution in [2.75, 3.05) is 32.6 Å². The number of ether oxygens (including phenoxy) is 2. The summed E-state index contributed by atoms with van der Waals surface area (Å²) in [7, 11) is 2.96. The van der Waals surface area contributed by atoms with Gasteiger partial charge in [0.15, 0.2) is 0 Å². The van der Waals surface area contributed by atoms with Crippen molar-refractivity contribution in [2.24, 2.45) is 0 Å². The van der Waals surface area contributed by atoms with E-state index >= 15 is 0 Å². The number of anilines is 1. The van der Waals surface area contributed by atoms with Crippen LogP contribution in [0.25, 0.3) is 22.0 Å². The van der Waals surface area contributed by atoms with Crippen LogP contribution >= 0.6 is 0 Å². The van der Waals surface area contributed by atoms with Crippen LogP contribution in [-0.4, -0.2) is 54.7 Å². The van der Waals surface area contributed by atoms with E-state index in [1.54, 1.807) is 17.7 Å². The molecule has 1 aromatic heterocycles. The van der Waals surface area contributed by atoms with E-state index in [1.165, 1.54) is 7.11 Å². The fourth-order valence-electron chi connectivity index (χ4n) is 5.15. The lowest BCUT2D eigenvalue weighted by Crippen LogP contribution is -2.42. The minimum atomic E-state index is -0.369. The van der Waals surface area contributed by atoms with Gasteiger partial charge in [-0.3, -0.25) is 19.3 Å². The maximum atomic E-state index is 13.3. The molecule has 5 rings (SSSR count). The van der Waals surface area contributed by atoms with Crippen molar-refractivity contribution in [3.63, 3.8) is 0 Å². The second kappa shape index (κ2) is 11.5. The molecule has 0 bridgehead atoms. The Morgan fingerprint density at radius 2 is 1.74 bits per heavy atom. The molecule has 1 N–H and O–H groups in total. The number of hydrogen-bond acceptors (Lipinski definition) is 6. The summed E-state index contributed by atoms with van der Waals surface area (Å²) in [5, 5.41) is 3.92. The number of benzene rings is 3. The molecule has 8 heteroatoms. The van der Waals surface area contributed by atoms with Gasteiger partial charge in [-0.15, -0.1) is 0 Å². The molecule has 1 atom stereocenters. The van der Waals surface area contributed by atoms with Crippen LogP contribution in [0.15, 0.2) is 83.7 Å². The second-order valence-electron chi connectivity index (χ2n) is 9.62. The number of carbonyl (C=O) groups excluding carboxylic acids is 2. The van der Waals surface area contributed by atoms with Crippen molar-refractivity contribution in [2.45, 2.75) is 25.4 Å². The number of methoxy groups -OCH3 is 2. The predicted octanol–water partition coefficient (Wildman–Crippen LogP) is 4.30. The molecule has 1 aliphatic heterocycles. The van der Waals surface area contributed by atoms with Crippen LogP contribution in [-0.2, 0) is 20.9 Å². The molecule has 0 radical (unpaired) electrons. The third kappa shape index (κ3) is 5.71. The molecule has 3 aromatic carbocycles. The molecule has 39 heavy (non-hydrogen) atoms. The second-order valence-corrected chi connectivity index (χ2v) is 9.62. The Bertz CT molecular complexity index is 1550. The minimum absolute atomic E-state index is 0.101. The van der Waals surface area contributed by atoms with Gasteiger partial charge in [-0.2, -0.15) is 0 Å². The first-order chi connectivity index (χ1) is 19.0. The van der Waals surface area contributed by atoms with Gasteiger partial charge in [-0.05, 0) is 60.3 Å². The lowest BCUT2D eigenvalue weighted by atomic mass is 10.0. The van der Waals surface area contributed by atoms with Gasteiger partial charge in [-0.1, -0.05) is 42.5 Å². The Kier molecular flexibility index (Phi) is 7.74. The number of amides is 1. The Balaban J connectivity index is 1.38. The number of esters is 1. The van der Waals surface area contributed by atoms with Crippen LogP contribution in [0.5, 0.6) is 5.75 Å². The van der Waals surface area contributed by atoms with E-state index in [0.29, 0.717) is 30.9 Å². The average Bonchev–Trinajstić information content (AvgIpc) is 3.43. The lowest BCUT2D eigenvalue weighted by Gasteiger charge is -2.22. The Labute approximate surface area is 226 Å². The van der Waals surface area contributed by atoms with E-state index in [-0.39, 0.29) is 30.0 Å². The zero-order chi connectivity index (χ0) is 27.4. The molecular formula is C31H31N3O5. The quantitative estimate of drug-likeness (QED) is 0.345. The number of carbonyl (C=O) groups is 2. The van der Waals surface area contributed by atoms with E-state index in [0.717, 1.165) is 34.0 Å². The van der Waals surface area contributed by atoms with Crippen molar-refractivity contribution in [3.05, 3.63) is 94.8 Å². The molecule has 0 aliphatic carbocycles. The molecule has 8 nitrogen and oxygen atoms in total. The van der Waals surface area contributed by atoms with Gasteiger partial charge < -0.3 is 19.4 Å². The number of nitrogens with zero attached hydrogens (tertiary/aromatic N) is 2. The highest BCUT2D eigenvalue weighted by Gasteiger charge is 2.32. The summed E-state index contributed by atoms with van der Waals surface area (Å²) in [4.78, 5) is 39.8. The zero-order valence-electron chi connectivity index (χ0n) is 22.1.